The van der Waals surface area contributed by atoms with Gasteiger partial charge in [0.25, 0.3) is 5.91 Å². The van der Waals surface area contributed by atoms with Crippen LogP contribution in [0, 0.1) is 0 Å². The Morgan fingerprint density at radius 1 is 1.21 bits per heavy atom. The summed E-state index contributed by atoms with van der Waals surface area (Å²) in [6.07, 6.45) is -2.72. The summed E-state index contributed by atoms with van der Waals surface area (Å²) in [5.74, 6) is -0.324. The number of hydrogen-bond acceptors (Lipinski definition) is 4. The van der Waals surface area contributed by atoms with Gasteiger partial charge in [0, 0.05) is 4.88 Å². The summed E-state index contributed by atoms with van der Waals surface area (Å²) in [6, 6.07) is 8.38. The second-order valence-corrected chi connectivity index (χ2v) is 8.20. The summed E-state index contributed by atoms with van der Waals surface area (Å²) >= 11 is 5.90. The second-order valence-electron chi connectivity index (χ2n) is 4.67. The van der Waals surface area contributed by atoms with Crippen LogP contribution in [0.5, 0.6) is 0 Å². The first-order valence-electron chi connectivity index (χ1n) is 6.53. The topological polar surface area (TPSA) is 41.5 Å². The molecule has 3 rings (SSSR count). The predicted molar refractivity (Wildman–Crippen MR) is 94.3 cm³/mol. The average molecular weight is 433 g/mol. The molecule has 1 aromatic heterocycles. The SMILES string of the molecule is O=C1NC(=Nc2cccc(C(F)(F)F)c2)SC1=Cc1ccc(Br)s1. The number of benzene rings is 1. The smallest absolute Gasteiger partial charge is 0.300 e. The standard InChI is InChI=1S/C15H8BrF3N2OS2/c16-12-5-4-10(23-12)7-11-13(22)21-14(24-11)20-9-3-1-2-8(6-9)15(17,18)19/h1-7H,(H,20,21,22). The zero-order valence-corrected chi connectivity index (χ0v) is 14.9. The van der Waals surface area contributed by atoms with Crippen molar-refractivity contribution in [1.82, 2.24) is 5.32 Å². The van der Waals surface area contributed by atoms with Crippen molar-refractivity contribution in [3.05, 3.63) is 55.5 Å². The van der Waals surface area contributed by atoms with Gasteiger partial charge in [-0.1, -0.05) is 6.07 Å². The van der Waals surface area contributed by atoms with Gasteiger partial charge >= 0.3 is 6.18 Å². The average Bonchev–Trinajstić information content (AvgIpc) is 3.05. The molecule has 0 bridgehead atoms. The molecule has 1 aromatic carbocycles. The molecule has 0 radical (unpaired) electrons. The number of rotatable bonds is 2. The van der Waals surface area contributed by atoms with E-state index in [0.29, 0.717) is 4.91 Å². The Morgan fingerprint density at radius 3 is 2.67 bits per heavy atom. The van der Waals surface area contributed by atoms with E-state index in [0.717, 1.165) is 32.6 Å². The molecule has 1 aliphatic heterocycles. The number of halogens is 4. The van der Waals surface area contributed by atoms with Crippen molar-refractivity contribution >= 4 is 61.9 Å². The van der Waals surface area contributed by atoms with Crippen molar-refractivity contribution in [2.24, 2.45) is 4.99 Å². The third-order valence-corrected chi connectivity index (χ3v) is 5.40. The van der Waals surface area contributed by atoms with Gasteiger partial charge in [0.1, 0.15) is 0 Å². The van der Waals surface area contributed by atoms with Crippen LogP contribution >= 0.6 is 39.0 Å². The molecule has 0 spiro atoms. The highest BCUT2D eigenvalue weighted by Crippen LogP contribution is 2.33. The van der Waals surface area contributed by atoms with Crippen molar-refractivity contribution in [3.63, 3.8) is 0 Å². The molecule has 9 heteroatoms. The molecule has 1 aliphatic rings. The summed E-state index contributed by atoms with van der Waals surface area (Å²) in [5.41, 5.74) is -0.648. The molecule has 0 saturated carbocycles. The van der Waals surface area contributed by atoms with Gasteiger partial charge in [-0.2, -0.15) is 13.2 Å². The van der Waals surface area contributed by atoms with E-state index in [-0.39, 0.29) is 16.8 Å². The van der Waals surface area contributed by atoms with Crippen LogP contribution in [0.25, 0.3) is 6.08 Å². The van der Waals surface area contributed by atoms with Crippen molar-refractivity contribution in [2.75, 3.05) is 0 Å². The molecule has 3 nitrogen and oxygen atoms in total. The molecule has 0 aliphatic carbocycles. The first-order chi connectivity index (χ1) is 11.3. The van der Waals surface area contributed by atoms with Gasteiger partial charge in [-0.3, -0.25) is 4.79 Å². The summed E-state index contributed by atoms with van der Waals surface area (Å²) in [7, 11) is 0. The monoisotopic (exact) mass is 432 g/mol. The Labute approximate surface area is 151 Å². The zero-order chi connectivity index (χ0) is 17.3. The van der Waals surface area contributed by atoms with Crippen LogP contribution in [0.3, 0.4) is 0 Å². The Bertz CT molecular complexity index is 858. The lowest BCUT2D eigenvalue weighted by Crippen LogP contribution is -2.19. The maximum atomic E-state index is 12.7. The molecule has 0 unspecified atom stereocenters. The van der Waals surface area contributed by atoms with Crippen LogP contribution in [-0.2, 0) is 11.0 Å². The van der Waals surface area contributed by atoms with Crippen LogP contribution in [0.1, 0.15) is 10.4 Å². The number of hydrogen-bond donors (Lipinski definition) is 1. The molecule has 24 heavy (non-hydrogen) atoms. The van der Waals surface area contributed by atoms with Gasteiger partial charge < -0.3 is 5.32 Å². The van der Waals surface area contributed by atoms with Crippen LogP contribution in [-0.4, -0.2) is 11.1 Å². The Morgan fingerprint density at radius 2 is 2.00 bits per heavy atom. The number of carbonyl (C=O) groups excluding carboxylic acids is 1. The molecule has 1 amide bonds. The van der Waals surface area contributed by atoms with Gasteiger partial charge in [-0.05, 0) is 64.1 Å². The summed E-state index contributed by atoms with van der Waals surface area (Å²) in [4.78, 5) is 17.4. The van der Waals surface area contributed by atoms with E-state index in [4.69, 9.17) is 0 Å². The van der Waals surface area contributed by atoms with E-state index in [1.54, 1.807) is 6.08 Å². The first-order valence-corrected chi connectivity index (χ1v) is 8.96. The fourth-order valence-corrected chi connectivity index (χ4v) is 4.16. The fourth-order valence-electron chi connectivity index (χ4n) is 1.88. The third-order valence-electron chi connectivity index (χ3n) is 2.92. The molecule has 1 N–H and O–H groups in total. The van der Waals surface area contributed by atoms with E-state index < -0.39 is 11.7 Å². The second kappa shape index (κ2) is 6.73. The van der Waals surface area contributed by atoms with Gasteiger partial charge in [-0.15, -0.1) is 11.3 Å². The lowest BCUT2D eigenvalue weighted by atomic mass is 10.2. The predicted octanol–water partition coefficient (Wildman–Crippen LogP) is 5.42. The van der Waals surface area contributed by atoms with E-state index >= 15 is 0 Å². The summed E-state index contributed by atoms with van der Waals surface area (Å²) < 4.78 is 39.1. The Balaban J connectivity index is 1.83. The highest BCUT2D eigenvalue weighted by atomic mass is 79.9. The Hall–Kier alpha value is -1.58. The Kier molecular flexibility index (Phi) is 4.84. The van der Waals surface area contributed by atoms with Gasteiger partial charge in [0.15, 0.2) is 5.17 Å². The molecule has 0 atom stereocenters. The maximum Gasteiger partial charge on any atom is 0.416 e. The minimum absolute atomic E-state index is 0.132. The van der Waals surface area contributed by atoms with Gasteiger partial charge in [0.05, 0.1) is 19.9 Å². The van der Waals surface area contributed by atoms with Crippen LogP contribution in [0.4, 0.5) is 18.9 Å². The van der Waals surface area contributed by atoms with Crippen LogP contribution in [0.2, 0.25) is 0 Å². The fraction of sp³-hybridized carbons (Fsp3) is 0.0667. The van der Waals surface area contributed by atoms with Crippen molar-refractivity contribution in [1.29, 1.82) is 0 Å². The number of amidine groups is 1. The largest absolute Gasteiger partial charge is 0.416 e. The quantitative estimate of drug-likeness (QED) is 0.643. The number of amides is 1. The number of carbonyl (C=O) groups is 1. The number of nitrogens with zero attached hydrogens (tertiary/aromatic N) is 1. The number of alkyl halides is 3. The molecule has 1 saturated heterocycles. The highest BCUT2D eigenvalue weighted by molar-refractivity contribution is 9.11. The zero-order valence-electron chi connectivity index (χ0n) is 11.7. The minimum Gasteiger partial charge on any atom is -0.300 e. The lowest BCUT2D eigenvalue weighted by Gasteiger charge is -2.06. The minimum atomic E-state index is -4.43. The molecular formula is C15H8BrF3N2OS2. The van der Waals surface area contributed by atoms with Crippen molar-refractivity contribution < 1.29 is 18.0 Å². The molecule has 124 valence electrons. The first kappa shape index (κ1) is 17.2. The number of nitrogens with one attached hydrogen (secondary N) is 1. The lowest BCUT2D eigenvalue weighted by molar-refractivity contribution is -0.137. The van der Waals surface area contributed by atoms with Gasteiger partial charge in [-0.25, -0.2) is 4.99 Å². The summed E-state index contributed by atoms with van der Waals surface area (Å²) in [5, 5.41) is 2.81. The van der Waals surface area contributed by atoms with E-state index in [9.17, 15) is 18.0 Å². The van der Waals surface area contributed by atoms with Gasteiger partial charge in [0.2, 0.25) is 0 Å². The van der Waals surface area contributed by atoms with Crippen molar-refractivity contribution in [2.45, 2.75) is 6.18 Å². The third kappa shape index (κ3) is 4.08. The molecule has 1 fully saturated rings. The number of aliphatic imine (C=N–C) groups is 1. The van der Waals surface area contributed by atoms with Crippen molar-refractivity contribution in [3.8, 4) is 0 Å². The van der Waals surface area contributed by atoms with Crippen LogP contribution < -0.4 is 5.32 Å². The summed E-state index contributed by atoms with van der Waals surface area (Å²) in [6.45, 7) is 0. The molecule has 2 aromatic rings. The number of thiophene rings is 1. The van der Waals surface area contributed by atoms with E-state index in [2.05, 4.69) is 26.2 Å². The number of thioether (sulfide) groups is 1. The van der Waals surface area contributed by atoms with E-state index in [1.165, 1.54) is 23.5 Å². The molecule has 2 heterocycles. The maximum absolute atomic E-state index is 12.7. The van der Waals surface area contributed by atoms with E-state index in [1.807, 2.05) is 12.1 Å². The molecular weight excluding hydrogens is 425 g/mol. The van der Waals surface area contributed by atoms with Crippen LogP contribution in [0.15, 0.2) is 50.1 Å². The normalized spacial score (nSPS) is 18.4. The highest BCUT2D eigenvalue weighted by Gasteiger charge is 2.30.